The monoisotopic (exact) mass is 304 g/mol. The van der Waals surface area contributed by atoms with E-state index in [0.717, 1.165) is 16.6 Å². The van der Waals surface area contributed by atoms with Crippen LogP contribution in [0.3, 0.4) is 0 Å². The van der Waals surface area contributed by atoms with E-state index in [1.54, 1.807) is 7.11 Å². The topological polar surface area (TPSA) is 9.23 Å². The number of hydrogen-bond donors (Lipinski definition) is 0. The average molecular weight is 306 g/mol. The maximum absolute atomic E-state index is 6.03. The van der Waals surface area contributed by atoms with E-state index >= 15 is 0 Å². The third kappa shape index (κ3) is 3.67. The van der Waals surface area contributed by atoms with Crippen LogP contribution in [0.2, 0.25) is 0 Å². The first-order valence-electron chi connectivity index (χ1n) is 5.47. The first-order chi connectivity index (χ1) is 7.58. The van der Waals surface area contributed by atoms with E-state index in [0.29, 0.717) is 17.7 Å². The smallest absolute Gasteiger partial charge is 0.133 e. The van der Waals surface area contributed by atoms with Gasteiger partial charge < -0.3 is 4.74 Å². The zero-order valence-electron chi connectivity index (χ0n) is 9.97. The van der Waals surface area contributed by atoms with Gasteiger partial charge in [0.15, 0.2) is 0 Å². The van der Waals surface area contributed by atoms with Crippen LogP contribution in [0.5, 0.6) is 5.75 Å². The first kappa shape index (κ1) is 13.9. The summed E-state index contributed by atoms with van der Waals surface area (Å²) in [6.07, 6.45) is 1.11. The molecule has 0 aromatic heterocycles. The summed E-state index contributed by atoms with van der Waals surface area (Å²) in [4.78, 5) is 0. The van der Waals surface area contributed by atoms with E-state index in [-0.39, 0.29) is 0 Å². The average Bonchev–Trinajstić information content (AvgIpc) is 2.25. The van der Waals surface area contributed by atoms with Gasteiger partial charge in [-0.1, -0.05) is 19.9 Å². The molecule has 1 nitrogen and oxygen atoms in total. The standard InChI is InChI=1S/C13H18BrClO/c1-9(2)6-11(8-15)10-4-5-13(16-3)12(14)7-10/h4-5,7,9,11H,6,8H2,1-3H3. The quantitative estimate of drug-likeness (QED) is 0.708. The van der Waals surface area contributed by atoms with E-state index in [4.69, 9.17) is 16.3 Å². The highest BCUT2D eigenvalue weighted by Crippen LogP contribution is 2.31. The number of benzene rings is 1. The van der Waals surface area contributed by atoms with Crippen LogP contribution in [-0.4, -0.2) is 13.0 Å². The Kier molecular flexibility index (Phi) is 5.63. The number of ether oxygens (including phenoxy) is 1. The predicted octanol–water partition coefficient (Wildman–Crippen LogP) is 4.83. The first-order valence-corrected chi connectivity index (χ1v) is 6.80. The third-order valence-corrected chi connectivity index (χ3v) is 3.58. The Balaban J connectivity index is 2.89. The number of halogens is 2. The molecule has 0 radical (unpaired) electrons. The summed E-state index contributed by atoms with van der Waals surface area (Å²) in [6, 6.07) is 6.19. The molecule has 1 atom stereocenters. The van der Waals surface area contributed by atoms with Crippen molar-refractivity contribution in [2.75, 3.05) is 13.0 Å². The van der Waals surface area contributed by atoms with E-state index in [1.165, 1.54) is 5.56 Å². The summed E-state index contributed by atoms with van der Waals surface area (Å²) in [5.74, 6) is 2.60. The van der Waals surface area contributed by atoms with E-state index < -0.39 is 0 Å². The molecule has 1 aromatic carbocycles. The Hall–Kier alpha value is -0.210. The minimum absolute atomic E-state index is 0.420. The SMILES string of the molecule is COc1ccc(C(CCl)CC(C)C)cc1Br. The van der Waals surface area contributed by atoms with Crippen LogP contribution < -0.4 is 4.74 Å². The lowest BCUT2D eigenvalue weighted by Gasteiger charge is -2.17. The van der Waals surface area contributed by atoms with Gasteiger partial charge in [0.1, 0.15) is 5.75 Å². The normalized spacial score (nSPS) is 12.9. The van der Waals surface area contributed by atoms with Gasteiger partial charge in [-0.05, 0) is 51.9 Å². The second-order valence-corrected chi connectivity index (χ2v) is 5.54. The molecule has 1 aromatic rings. The molecule has 0 amide bonds. The molecule has 0 spiro atoms. The van der Waals surface area contributed by atoms with E-state index in [2.05, 4.69) is 41.9 Å². The van der Waals surface area contributed by atoms with Crippen LogP contribution in [0.4, 0.5) is 0 Å². The number of alkyl halides is 1. The fourth-order valence-corrected chi connectivity index (χ4v) is 2.66. The molecule has 0 aliphatic rings. The summed E-state index contributed by atoms with van der Waals surface area (Å²) < 4.78 is 6.21. The lowest BCUT2D eigenvalue weighted by atomic mass is 9.92. The molecule has 1 rings (SSSR count). The molecule has 0 aliphatic heterocycles. The summed E-state index contributed by atoms with van der Waals surface area (Å²) in [7, 11) is 1.67. The van der Waals surface area contributed by atoms with Gasteiger partial charge in [-0.25, -0.2) is 0 Å². The molecule has 0 fully saturated rings. The van der Waals surface area contributed by atoms with Crippen LogP contribution in [-0.2, 0) is 0 Å². The predicted molar refractivity (Wildman–Crippen MR) is 73.6 cm³/mol. The minimum atomic E-state index is 0.420. The molecule has 1 unspecified atom stereocenters. The Labute approximate surface area is 111 Å². The number of hydrogen-bond acceptors (Lipinski definition) is 1. The molecule has 16 heavy (non-hydrogen) atoms. The van der Waals surface area contributed by atoms with Gasteiger partial charge in [-0.3, -0.25) is 0 Å². The maximum atomic E-state index is 6.03. The minimum Gasteiger partial charge on any atom is -0.496 e. The van der Waals surface area contributed by atoms with Crippen molar-refractivity contribution < 1.29 is 4.74 Å². The highest BCUT2D eigenvalue weighted by atomic mass is 79.9. The highest BCUT2D eigenvalue weighted by molar-refractivity contribution is 9.10. The zero-order valence-corrected chi connectivity index (χ0v) is 12.3. The molecule has 0 aliphatic carbocycles. The molecule has 3 heteroatoms. The van der Waals surface area contributed by atoms with Crippen LogP contribution in [0.25, 0.3) is 0 Å². The van der Waals surface area contributed by atoms with E-state index in [1.807, 2.05) is 6.07 Å². The summed E-state index contributed by atoms with van der Waals surface area (Å²) in [5, 5.41) is 0. The van der Waals surface area contributed by atoms with Gasteiger partial charge in [-0.15, -0.1) is 11.6 Å². The van der Waals surface area contributed by atoms with Gasteiger partial charge in [0.25, 0.3) is 0 Å². The van der Waals surface area contributed by atoms with Gasteiger partial charge in [0.2, 0.25) is 0 Å². The second-order valence-electron chi connectivity index (χ2n) is 4.37. The zero-order chi connectivity index (χ0) is 12.1. The molecule has 0 bridgehead atoms. The molecular weight excluding hydrogens is 287 g/mol. The molecular formula is C13H18BrClO. The number of methoxy groups -OCH3 is 1. The van der Waals surface area contributed by atoms with Crippen molar-refractivity contribution in [1.29, 1.82) is 0 Å². The largest absolute Gasteiger partial charge is 0.496 e. The van der Waals surface area contributed by atoms with Crippen molar-refractivity contribution in [2.45, 2.75) is 26.2 Å². The fraction of sp³-hybridized carbons (Fsp3) is 0.538. The van der Waals surface area contributed by atoms with Gasteiger partial charge >= 0.3 is 0 Å². The molecule has 0 N–H and O–H groups in total. The van der Waals surface area contributed by atoms with Crippen molar-refractivity contribution in [1.82, 2.24) is 0 Å². The lowest BCUT2D eigenvalue weighted by Crippen LogP contribution is -2.04. The van der Waals surface area contributed by atoms with Crippen molar-refractivity contribution in [2.24, 2.45) is 5.92 Å². The van der Waals surface area contributed by atoms with Crippen LogP contribution >= 0.6 is 27.5 Å². The third-order valence-electron chi connectivity index (χ3n) is 2.59. The maximum Gasteiger partial charge on any atom is 0.133 e. The number of rotatable bonds is 5. The Morgan fingerprint density at radius 1 is 1.38 bits per heavy atom. The molecule has 0 saturated carbocycles. The van der Waals surface area contributed by atoms with Crippen molar-refractivity contribution in [3.8, 4) is 5.75 Å². The molecule has 0 saturated heterocycles. The summed E-state index contributed by atoms with van der Waals surface area (Å²) >= 11 is 9.53. The van der Waals surface area contributed by atoms with Gasteiger partial charge in [-0.2, -0.15) is 0 Å². The van der Waals surface area contributed by atoms with Crippen LogP contribution in [0.1, 0.15) is 31.7 Å². The Bertz CT molecular complexity index is 339. The van der Waals surface area contributed by atoms with Gasteiger partial charge in [0, 0.05) is 5.88 Å². The van der Waals surface area contributed by atoms with E-state index in [9.17, 15) is 0 Å². The lowest BCUT2D eigenvalue weighted by molar-refractivity contribution is 0.411. The van der Waals surface area contributed by atoms with Crippen molar-refractivity contribution >= 4 is 27.5 Å². The second kappa shape index (κ2) is 6.51. The molecule has 90 valence electrons. The van der Waals surface area contributed by atoms with Crippen LogP contribution in [0.15, 0.2) is 22.7 Å². The summed E-state index contributed by atoms with van der Waals surface area (Å²) in [6.45, 7) is 4.44. The Morgan fingerprint density at radius 3 is 2.50 bits per heavy atom. The molecule has 0 heterocycles. The van der Waals surface area contributed by atoms with Gasteiger partial charge in [0.05, 0.1) is 11.6 Å². The fourth-order valence-electron chi connectivity index (χ4n) is 1.79. The Morgan fingerprint density at radius 2 is 2.06 bits per heavy atom. The van der Waals surface area contributed by atoms with Crippen molar-refractivity contribution in [3.05, 3.63) is 28.2 Å². The summed E-state index contributed by atoms with van der Waals surface area (Å²) in [5.41, 5.74) is 1.27. The van der Waals surface area contributed by atoms with Crippen molar-refractivity contribution in [3.63, 3.8) is 0 Å². The highest BCUT2D eigenvalue weighted by Gasteiger charge is 2.13. The van der Waals surface area contributed by atoms with Crippen LogP contribution in [0, 0.1) is 5.92 Å².